The van der Waals surface area contributed by atoms with Gasteiger partial charge in [-0.3, -0.25) is 9.59 Å². The molecule has 0 unspecified atom stereocenters. The van der Waals surface area contributed by atoms with Crippen LogP contribution in [-0.4, -0.2) is 29.2 Å². The lowest BCUT2D eigenvalue weighted by Gasteiger charge is -2.19. The van der Waals surface area contributed by atoms with E-state index in [-0.39, 0.29) is 40.2 Å². The molecular weight excluding hydrogens is 368 g/mol. The first-order valence-electron chi connectivity index (χ1n) is 8.83. The van der Waals surface area contributed by atoms with Gasteiger partial charge in [0.2, 0.25) is 0 Å². The van der Waals surface area contributed by atoms with Crippen LogP contribution in [0.5, 0.6) is 5.75 Å². The van der Waals surface area contributed by atoms with Crippen LogP contribution in [0.2, 0.25) is 0 Å². The van der Waals surface area contributed by atoms with Gasteiger partial charge in [0.05, 0.1) is 16.7 Å². The molecule has 5 heteroatoms. The van der Waals surface area contributed by atoms with Crippen molar-refractivity contribution in [3.05, 3.63) is 100 Å². The standard InChI is InChI=1S/C24H14O5/c25-22-17-9-4-5-10-18(17)23(26)21-16(19(24(27)28)12-13-20(21)22)11-6-14-29-15-7-2-1-3-8-15/h1-5,7-10,12-13H,14H2,(H,27,28). The predicted molar refractivity (Wildman–Crippen MR) is 106 cm³/mol. The van der Waals surface area contributed by atoms with Crippen molar-refractivity contribution < 1.29 is 24.2 Å². The number of carbonyl (C=O) groups excluding carboxylic acids is 2. The molecule has 0 bridgehead atoms. The van der Waals surface area contributed by atoms with Crippen LogP contribution < -0.4 is 4.74 Å². The molecule has 0 amide bonds. The van der Waals surface area contributed by atoms with E-state index >= 15 is 0 Å². The third-order valence-corrected chi connectivity index (χ3v) is 4.59. The summed E-state index contributed by atoms with van der Waals surface area (Å²) in [6.45, 7) is 0.00542. The molecule has 0 spiro atoms. The van der Waals surface area contributed by atoms with Gasteiger partial charge in [0.25, 0.3) is 0 Å². The molecule has 0 heterocycles. The molecular formula is C24H14O5. The molecule has 4 rings (SSSR count). The second-order valence-corrected chi connectivity index (χ2v) is 6.32. The van der Waals surface area contributed by atoms with E-state index in [9.17, 15) is 19.5 Å². The summed E-state index contributed by atoms with van der Waals surface area (Å²) in [6, 6.07) is 18.2. The molecule has 3 aromatic carbocycles. The number of carboxylic acid groups (broad SMARTS) is 1. The van der Waals surface area contributed by atoms with E-state index in [1.807, 2.05) is 18.2 Å². The van der Waals surface area contributed by atoms with Gasteiger partial charge in [-0.25, -0.2) is 4.79 Å². The van der Waals surface area contributed by atoms with Crippen LogP contribution in [0.25, 0.3) is 0 Å². The van der Waals surface area contributed by atoms with E-state index in [1.54, 1.807) is 36.4 Å². The zero-order chi connectivity index (χ0) is 20.4. The maximum absolute atomic E-state index is 13.1. The topological polar surface area (TPSA) is 80.7 Å². The van der Waals surface area contributed by atoms with E-state index in [0.717, 1.165) is 0 Å². The molecule has 1 aliphatic rings. The first-order valence-corrected chi connectivity index (χ1v) is 8.83. The van der Waals surface area contributed by atoms with Crippen LogP contribution in [0.15, 0.2) is 66.7 Å². The molecule has 140 valence electrons. The Bertz CT molecular complexity index is 1210. The fourth-order valence-corrected chi connectivity index (χ4v) is 3.26. The van der Waals surface area contributed by atoms with Crippen molar-refractivity contribution >= 4 is 17.5 Å². The Hall–Kier alpha value is -4.17. The summed E-state index contributed by atoms with van der Waals surface area (Å²) >= 11 is 0. The number of benzene rings is 3. The third-order valence-electron chi connectivity index (χ3n) is 4.59. The summed E-state index contributed by atoms with van der Waals surface area (Å²) in [5.74, 6) is 4.17. The Morgan fingerprint density at radius 3 is 2.17 bits per heavy atom. The molecule has 0 saturated carbocycles. The minimum absolute atomic E-state index is 0.00542. The van der Waals surface area contributed by atoms with Crippen molar-refractivity contribution in [2.75, 3.05) is 6.61 Å². The van der Waals surface area contributed by atoms with Gasteiger partial charge >= 0.3 is 5.97 Å². The molecule has 0 aliphatic heterocycles. The van der Waals surface area contributed by atoms with E-state index in [1.165, 1.54) is 12.1 Å². The zero-order valence-corrected chi connectivity index (χ0v) is 15.1. The maximum Gasteiger partial charge on any atom is 0.336 e. The van der Waals surface area contributed by atoms with Gasteiger partial charge in [-0.05, 0) is 24.3 Å². The summed E-state index contributed by atoms with van der Waals surface area (Å²) in [4.78, 5) is 37.6. The van der Waals surface area contributed by atoms with Crippen LogP contribution in [0.4, 0.5) is 0 Å². The SMILES string of the molecule is O=C(O)c1ccc2c(c1C#CCOc1ccccc1)C(=O)c1ccccc1C2=O. The van der Waals surface area contributed by atoms with Crippen LogP contribution in [0.1, 0.15) is 47.8 Å². The molecule has 1 aliphatic carbocycles. The highest BCUT2D eigenvalue weighted by Crippen LogP contribution is 2.31. The smallest absolute Gasteiger partial charge is 0.336 e. The average molecular weight is 382 g/mol. The molecule has 5 nitrogen and oxygen atoms in total. The third kappa shape index (κ3) is 3.28. The molecule has 0 radical (unpaired) electrons. The van der Waals surface area contributed by atoms with Gasteiger partial charge in [0.15, 0.2) is 11.6 Å². The number of carbonyl (C=O) groups is 3. The Labute approximate surface area is 166 Å². The van der Waals surface area contributed by atoms with Crippen LogP contribution in [0, 0.1) is 11.8 Å². The Morgan fingerprint density at radius 2 is 1.48 bits per heavy atom. The highest BCUT2D eigenvalue weighted by molar-refractivity contribution is 6.29. The van der Waals surface area contributed by atoms with Gasteiger partial charge in [-0.1, -0.05) is 54.3 Å². The van der Waals surface area contributed by atoms with Crippen molar-refractivity contribution in [1.82, 2.24) is 0 Å². The zero-order valence-electron chi connectivity index (χ0n) is 15.1. The van der Waals surface area contributed by atoms with Crippen molar-refractivity contribution in [1.29, 1.82) is 0 Å². The van der Waals surface area contributed by atoms with E-state index in [0.29, 0.717) is 11.3 Å². The molecule has 0 atom stereocenters. The maximum atomic E-state index is 13.1. The number of para-hydroxylation sites is 1. The number of ether oxygens (including phenoxy) is 1. The summed E-state index contributed by atoms with van der Waals surface area (Å²) in [6.07, 6.45) is 0. The van der Waals surface area contributed by atoms with Crippen LogP contribution >= 0.6 is 0 Å². The molecule has 0 aromatic heterocycles. The van der Waals surface area contributed by atoms with Crippen LogP contribution in [0.3, 0.4) is 0 Å². The van der Waals surface area contributed by atoms with Gasteiger partial charge in [-0.2, -0.15) is 0 Å². The highest BCUT2D eigenvalue weighted by atomic mass is 16.5. The molecule has 29 heavy (non-hydrogen) atoms. The number of fused-ring (bicyclic) bond motifs is 2. The fraction of sp³-hybridized carbons (Fsp3) is 0.0417. The number of hydrogen-bond donors (Lipinski definition) is 1. The number of rotatable bonds is 3. The minimum atomic E-state index is -1.22. The number of hydrogen-bond acceptors (Lipinski definition) is 4. The van der Waals surface area contributed by atoms with Gasteiger partial charge in [-0.15, -0.1) is 0 Å². The Morgan fingerprint density at radius 1 is 0.828 bits per heavy atom. The highest BCUT2D eigenvalue weighted by Gasteiger charge is 2.33. The summed E-state index contributed by atoms with van der Waals surface area (Å²) in [5, 5.41) is 9.55. The number of aromatic carboxylic acids is 1. The minimum Gasteiger partial charge on any atom is -0.481 e. The monoisotopic (exact) mass is 382 g/mol. The quantitative estimate of drug-likeness (QED) is 0.548. The lowest BCUT2D eigenvalue weighted by atomic mass is 9.80. The first-order chi connectivity index (χ1) is 14.1. The average Bonchev–Trinajstić information content (AvgIpc) is 2.75. The Balaban J connectivity index is 1.78. The van der Waals surface area contributed by atoms with E-state index in [2.05, 4.69) is 11.8 Å². The lowest BCUT2D eigenvalue weighted by molar-refractivity contribution is 0.0696. The number of carboxylic acids is 1. The van der Waals surface area contributed by atoms with E-state index in [4.69, 9.17) is 4.74 Å². The summed E-state index contributed by atoms with van der Waals surface area (Å²) in [5.41, 5.74) is 0.638. The molecule has 0 saturated heterocycles. The lowest BCUT2D eigenvalue weighted by Crippen LogP contribution is -2.23. The van der Waals surface area contributed by atoms with Crippen molar-refractivity contribution in [2.45, 2.75) is 0 Å². The number of ketones is 2. The second-order valence-electron chi connectivity index (χ2n) is 6.32. The van der Waals surface area contributed by atoms with Crippen LogP contribution in [-0.2, 0) is 0 Å². The van der Waals surface area contributed by atoms with Crippen molar-refractivity contribution in [3.8, 4) is 17.6 Å². The largest absolute Gasteiger partial charge is 0.481 e. The normalized spacial score (nSPS) is 11.7. The molecule has 3 aromatic rings. The van der Waals surface area contributed by atoms with Crippen molar-refractivity contribution in [2.24, 2.45) is 0 Å². The van der Waals surface area contributed by atoms with E-state index < -0.39 is 11.8 Å². The summed E-state index contributed by atoms with van der Waals surface area (Å²) in [7, 11) is 0. The fourth-order valence-electron chi connectivity index (χ4n) is 3.26. The first kappa shape index (κ1) is 18.2. The van der Waals surface area contributed by atoms with Crippen molar-refractivity contribution in [3.63, 3.8) is 0 Å². The molecule has 0 fully saturated rings. The second kappa shape index (κ2) is 7.45. The molecule has 1 N–H and O–H groups in total. The van der Waals surface area contributed by atoms with Gasteiger partial charge < -0.3 is 9.84 Å². The van der Waals surface area contributed by atoms with Gasteiger partial charge in [0, 0.05) is 16.7 Å². The Kier molecular flexibility index (Phi) is 4.68. The predicted octanol–water partition coefficient (Wildman–Crippen LogP) is 3.59. The summed E-state index contributed by atoms with van der Waals surface area (Å²) < 4.78 is 5.50. The van der Waals surface area contributed by atoms with Gasteiger partial charge in [0.1, 0.15) is 12.4 Å².